The van der Waals surface area contributed by atoms with Crippen molar-refractivity contribution in [1.82, 2.24) is 5.01 Å². The van der Waals surface area contributed by atoms with Crippen LogP contribution in [0, 0.1) is 0 Å². The van der Waals surface area contributed by atoms with Gasteiger partial charge in [0.2, 0.25) is 0 Å². The first kappa shape index (κ1) is 21.2. The number of hydrogen-bond donors (Lipinski definition) is 1. The predicted octanol–water partition coefficient (Wildman–Crippen LogP) is 2.92. The number of nitrogens with one attached hydrogen (secondary N) is 1. The van der Waals surface area contributed by atoms with Crippen LogP contribution in [0.3, 0.4) is 0 Å². The third kappa shape index (κ3) is 4.22. The molecule has 1 saturated heterocycles. The Hall–Kier alpha value is -3.64. The number of benzene rings is 3. The standard InChI is InChI=1S/C27H27N3O3/c1-19(31)33-25-12-11-20(17-26(25)32-2)18-28-30-15-13-29(14-16-30)27-23-9-5-3-7-21(23)22-8-4-6-10-24(22)27/h3-12,17-18,27H,13-16H2,1-2H3/p+1/b28-18+. The number of methoxy groups -OCH3 is 1. The molecule has 3 aromatic carbocycles. The van der Waals surface area contributed by atoms with Gasteiger partial charge in [-0.3, -0.25) is 9.80 Å². The zero-order valence-corrected chi connectivity index (χ0v) is 19.0. The van der Waals surface area contributed by atoms with Crippen LogP contribution in [0.15, 0.2) is 71.8 Å². The number of ether oxygens (including phenoxy) is 2. The molecule has 1 heterocycles. The topological polar surface area (TPSA) is 55.6 Å². The number of quaternary nitrogens is 1. The Labute approximate surface area is 194 Å². The van der Waals surface area contributed by atoms with E-state index in [1.807, 2.05) is 18.3 Å². The number of carbonyl (C=O) groups is 1. The summed E-state index contributed by atoms with van der Waals surface area (Å²) in [6.07, 6.45) is 1.84. The second-order valence-electron chi connectivity index (χ2n) is 8.47. The van der Waals surface area contributed by atoms with Crippen LogP contribution in [-0.2, 0) is 4.79 Å². The van der Waals surface area contributed by atoms with Crippen LogP contribution in [0.1, 0.15) is 29.7 Å². The highest BCUT2D eigenvalue weighted by Crippen LogP contribution is 2.41. The lowest BCUT2D eigenvalue weighted by atomic mass is 10.0. The predicted molar refractivity (Wildman–Crippen MR) is 128 cm³/mol. The van der Waals surface area contributed by atoms with Crippen molar-refractivity contribution in [3.8, 4) is 22.6 Å². The monoisotopic (exact) mass is 442 g/mol. The fourth-order valence-corrected chi connectivity index (χ4v) is 4.93. The van der Waals surface area contributed by atoms with Gasteiger partial charge in [-0.25, -0.2) is 0 Å². The molecule has 1 fully saturated rings. The molecule has 1 aliphatic heterocycles. The van der Waals surface area contributed by atoms with Crippen molar-refractivity contribution in [1.29, 1.82) is 0 Å². The van der Waals surface area contributed by atoms with Crippen LogP contribution >= 0.6 is 0 Å². The van der Waals surface area contributed by atoms with Crippen LogP contribution in [0.5, 0.6) is 11.5 Å². The first-order chi connectivity index (χ1) is 16.1. The van der Waals surface area contributed by atoms with Gasteiger partial charge in [-0.1, -0.05) is 48.5 Å². The van der Waals surface area contributed by atoms with Gasteiger partial charge in [0.15, 0.2) is 11.5 Å². The maximum Gasteiger partial charge on any atom is 0.308 e. The molecule has 3 aromatic rings. The largest absolute Gasteiger partial charge is 0.493 e. The van der Waals surface area contributed by atoms with Crippen LogP contribution in [-0.4, -0.2) is 50.5 Å². The van der Waals surface area contributed by atoms with Crippen LogP contribution in [0.25, 0.3) is 11.1 Å². The summed E-state index contributed by atoms with van der Waals surface area (Å²) in [5.41, 5.74) is 6.52. The van der Waals surface area contributed by atoms with E-state index >= 15 is 0 Å². The molecule has 6 nitrogen and oxygen atoms in total. The van der Waals surface area contributed by atoms with E-state index in [1.165, 1.54) is 29.2 Å². The molecule has 1 aliphatic carbocycles. The molecular weight excluding hydrogens is 414 g/mol. The second-order valence-corrected chi connectivity index (χ2v) is 8.47. The van der Waals surface area contributed by atoms with E-state index in [0.717, 1.165) is 31.7 Å². The molecule has 0 spiro atoms. The number of piperazine rings is 1. The van der Waals surface area contributed by atoms with Gasteiger partial charge < -0.3 is 14.4 Å². The molecule has 5 rings (SSSR count). The summed E-state index contributed by atoms with van der Waals surface area (Å²) in [7, 11) is 1.56. The lowest BCUT2D eigenvalue weighted by molar-refractivity contribution is -0.929. The third-order valence-corrected chi connectivity index (χ3v) is 6.44. The molecule has 6 heteroatoms. The van der Waals surface area contributed by atoms with Crippen molar-refractivity contribution in [2.24, 2.45) is 5.10 Å². The lowest BCUT2D eigenvalue weighted by Crippen LogP contribution is -3.14. The second kappa shape index (κ2) is 9.08. The number of nitrogens with zero attached hydrogens (tertiary/aromatic N) is 2. The minimum Gasteiger partial charge on any atom is -0.493 e. The van der Waals surface area contributed by atoms with E-state index in [1.54, 1.807) is 18.1 Å². The third-order valence-electron chi connectivity index (χ3n) is 6.44. The number of fused-ring (bicyclic) bond motifs is 3. The summed E-state index contributed by atoms with van der Waals surface area (Å²) >= 11 is 0. The van der Waals surface area contributed by atoms with Gasteiger partial charge in [0, 0.05) is 18.1 Å². The van der Waals surface area contributed by atoms with Crippen LogP contribution < -0.4 is 14.4 Å². The van der Waals surface area contributed by atoms with Crippen molar-refractivity contribution in [2.45, 2.75) is 13.0 Å². The number of carbonyl (C=O) groups excluding carboxylic acids is 1. The zero-order chi connectivity index (χ0) is 22.8. The van der Waals surface area contributed by atoms with Gasteiger partial charge in [-0.05, 0) is 34.9 Å². The summed E-state index contributed by atoms with van der Waals surface area (Å²) in [5.74, 6) is 0.557. The first-order valence-electron chi connectivity index (χ1n) is 11.3. The molecular formula is C27H28N3O3+. The maximum absolute atomic E-state index is 11.2. The molecule has 0 aromatic heterocycles. The van der Waals surface area contributed by atoms with E-state index in [9.17, 15) is 4.79 Å². The number of hydrazone groups is 1. The molecule has 0 amide bonds. The molecule has 0 bridgehead atoms. The fraction of sp³-hybridized carbons (Fsp3) is 0.259. The normalized spacial score (nSPS) is 16.0. The smallest absolute Gasteiger partial charge is 0.308 e. The zero-order valence-electron chi connectivity index (χ0n) is 19.0. The van der Waals surface area contributed by atoms with Gasteiger partial charge in [-0.2, -0.15) is 5.10 Å². The quantitative estimate of drug-likeness (QED) is 0.375. The highest BCUT2D eigenvalue weighted by Gasteiger charge is 2.37. The fourth-order valence-electron chi connectivity index (χ4n) is 4.93. The highest BCUT2D eigenvalue weighted by molar-refractivity contribution is 5.81. The van der Waals surface area contributed by atoms with E-state index in [4.69, 9.17) is 14.6 Å². The number of hydrogen-bond acceptors (Lipinski definition) is 5. The summed E-state index contributed by atoms with van der Waals surface area (Å²) in [4.78, 5) is 12.8. The van der Waals surface area contributed by atoms with Gasteiger partial charge in [0.25, 0.3) is 0 Å². The maximum atomic E-state index is 11.2. The molecule has 1 N–H and O–H groups in total. The van der Waals surface area contributed by atoms with Gasteiger partial charge >= 0.3 is 5.97 Å². The number of esters is 1. The van der Waals surface area contributed by atoms with Crippen molar-refractivity contribution in [2.75, 3.05) is 33.3 Å². The lowest BCUT2D eigenvalue weighted by Gasteiger charge is -2.34. The van der Waals surface area contributed by atoms with Crippen molar-refractivity contribution in [3.05, 3.63) is 83.4 Å². The molecule has 0 atom stereocenters. The summed E-state index contributed by atoms with van der Waals surface area (Å²) in [6, 6.07) is 23.5. The molecule has 0 radical (unpaired) electrons. The molecule has 2 aliphatic rings. The SMILES string of the molecule is COc1cc(/C=N/N2CC[NH+](C3c4ccccc4-c4ccccc43)CC2)ccc1OC(C)=O. The van der Waals surface area contributed by atoms with E-state index in [2.05, 4.69) is 53.5 Å². The number of rotatable bonds is 5. The average Bonchev–Trinajstić information content (AvgIpc) is 3.18. The molecule has 33 heavy (non-hydrogen) atoms. The van der Waals surface area contributed by atoms with Crippen LogP contribution in [0.4, 0.5) is 0 Å². The van der Waals surface area contributed by atoms with Gasteiger partial charge in [-0.15, -0.1) is 0 Å². The van der Waals surface area contributed by atoms with Crippen molar-refractivity contribution in [3.63, 3.8) is 0 Å². The minimum atomic E-state index is -0.373. The molecule has 168 valence electrons. The van der Waals surface area contributed by atoms with E-state index in [0.29, 0.717) is 17.5 Å². The average molecular weight is 443 g/mol. The summed E-state index contributed by atoms with van der Waals surface area (Å²) in [6.45, 7) is 5.22. The Morgan fingerprint density at radius 3 is 2.21 bits per heavy atom. The highest BCUT2D eigenvalue weighted by atomic mass is 16.6. The first-order valence-corrected chi connectivity index (χ1v) is 11.3. The Kier molecular flexibility index (Phi) is 5.84. The summed E-state index contributed by atoms with van der Waals surface area (Å²) < 4.78 is 10.5. The van der Waals surface area contributed by atoms with Crippen molar-refractivity contribution < 1.29 is 19.2 Å². The Morgan fingerprint density at radius 2 is 1.61 bits per heavy atom. The van der Waals surface area contributed by atoms with Gasteiger partial charge in [0.05, 0.1) is 39.5 Å². The minimum absolute atomic E-state index is 0.373. The van der Waals surface area contributed by atoms with Crippen LogP contribution in [0.2, 0.25) is 0 Å². The molecule has 0 saturated carbocycles. The Balaban J connectivity index is 1.27. The van der Waals surface area contributed by atoms with E-state index in [-0.39, 0.29) is 5.97 Å². The van der Waals surface area contributed by atoms with Gasteiger partial charge in [0.1, 0.15) is 6.04 Å². The van der Waals surface area contributed by atoms with Crippen molar-refractivity contribution >= 4 is 12.2 Å². The van der Waals surface area contributed by atoms with E-state index < -0.39 is 0 Å². The Bertz CT molecular complexity index is 1150. The Morgan fingerprint density at radius 1 is 0.970 bits per heavy atom. The summed E-state index contributed by atoms with van der Waals surface area (Å²) in [5, 5.41) is 6.83. The molecule has 0 unspecified atom stereocenters.